The third-order valence-corrected chi connectivity index (χ3v) is 8.98. The van der Waals surface area contributed by atoms with Crippen molar-refractivity contribution in [3.63, 3.8) is 0 Å². The second-order valence-corrected chi connectivity index (χ2v) is 12.0. The number of benzene rings is 2. The van der Waals surface area contributed by atoms with Crippen LogP contribution in [0.1, 0.15) is 64.5 Å². The number of non-ortho nitro benzene ring substituents is 2. The van der Waals surface area contributed by atoms with Crippen LogP contribution in [0.3, 0.4) is 0 Å². The Bertz CT molecular complexity index is 1180. The summed E-state index contributed by atoms with van der Waals surface area (Å²) in [5, 5.41) is 24.4. The van der Waals surface area contributed by atoms with Gasteiger partial charge in [0.1, 0.15) is 5.82 Å². The molecule has 0 aromatic heterocycles. The molecule has 0 unspecified atom stereocenters. The Balaban J connectivity index is 0.000000259. The highest BCUT2D eigenvalue weighted by Gasteiger charge is 2.22. The summed E-state index contributed by atoms with van der Waals surface area (Å²) in [4.78, 5) is 27.5. The lowest BCUT2D eigenvalue weighted by atomic mass is 9.95. The molecular formula is C34H55FN6O4. The van der Waals surface area contributed by atoms with Crippen LogP contribution in [0.15, 0.2) is 36.4 Å². The van der Waals surface area contributed by atoms with E-state index in [2.05, 4.69) is 47.7 Å². The Kier molecular flexibility index (Phi) is 17.0. The van der Waals surface area contributed by atoms with Crippen LogP contribution in [0.2, 0.25) is 0 Å². The number of rotatable bonds is 11. The highest BCUT2D eigenvalue weighted by Crippen LogP contribution is 2.29. The van der Waals surface area contributed by atoms with E-state index >= 15 is 0 Å². The summed E-state index contributed by atoms with van der Waals surface area (Å²) in [5.74, 6) is 1.30. The fourth-order valence-corrected chi connectivity index (χ4v) is 5.97. The molecule has 10 nitrogen and oxygen atoms in total. The standard InChI is InChI=1S/C17H27N3O2.C10H22N2.C7H6FNO2/c1-4-18(5-2)13-15-8-10-19(11-9-15)17-7-6-16(20(21)22)12-14(17)3;1-3-12(4-2)9-10-5-7-11-8-6-10;1-5-4-6(9(10)11)2-3-7(5)8/h6-7,12,15H,4-5,8-11,13H2,1-3H3;10-11H,3-9H2,1-2H3;2-4H,1H3. The van der Waals surface area contributed by atoms with E-state index in [0.29, 0.717) is 5.56 Å². The third kappa shape index (κ3) is 13.0. The Labute approximate surface area is 269 Å². The van der Waals surface area contributed by atoms with Gasteiger partial charge in [-0.2, -0.15) is 0 Å². The molecule has 2 heterocycles. The maximum atomic E-state index is 12.5. The lowest BCUT2D eigenvalue weighted by Crippen LogP contribution is -2.39. The predicted octanol–water partition coefficient (Wildman–Crippen LogP) is 6.83. The van der Waals surface area contributed by atoms with Crippen molar-refractivity contribution in [2.45, 2.75) is 67.2 Å². The lowest BCUT2D eigenvalue weighted by molar-refractivity contribution is -0.385. The molecule has 2 aromatic carbocycles. The van der Waals surface area contributed by atoms with E-state index in [1.165, 1.54) is 77.9 Å². The lowest BCUT2D eigenvalue weighted by Gasteiger charge is -2.36. The van der Waals surface area contributed by atoms with Crippen molar-refractivity contribution in [3.8, 4) is 0 Å². The molecule has 0 bridgehead atoms. The van der Waals surface area contributed by atoms with Crippen molar-refractivity contribution in [3.05, 3.63) is 73.6 Å². The van der Waals surface area contributed by atoms with Crippen LogP contribution in [0.5, 0.6) is 0 Å². The second kappa shape index (κ2) is 20.1. The second-order valence-electron chi connectivity index (χ2n) is 12.0. The largest absolute Gasteiger partial charge is 0.371 e. The van der Waals surface area contributed by atoms with Crippen molar-refractivity contribution < 1.29 is 14.2 Å². The minimum atomic E-state index is -0.549. The highest BCUT2D eigenvalue weighted by molar-refractivity contribution is 5.57. The zero-order valence-electron chi connectivity index (χ0n) is 28.3. The van der Waals surface area contributed by atoms with Crippen molar-refractivity contribution in [1.29, 1.82) is 0 Å². The highest BCUT2D eigenvalue weighted by atomic mass is 19.1. The summed E-state index contributed by atoms with van der Waals surface area (Å²) in [6.45, 7) is 24.1. The minimum Gasteiger partial charge on any atom is -0.371 e. The summed E-state index contributed by atoms with van der Waals surface area (Å²) in [5.41, 5.74) is 2.53. The van der Waals surface area contributed by atoms with E-state index in [1.807, 2.05) is 13.0 Å². The van der Waals surface area contributed by atoms with Gasteiger partial charge in [0, 0.05) is 56.1 Å². The Hall–Kier alpha value is -3.15. The number of nitrogens with zero attached hydrogens (tertiary/aromatic N) is 5. The molecule has 2 aromatic rings. The fraction of sp³-hybridized carbons (Fsp3) is 0.647. The van der Waals surface area contributed by atoms with Crippen LogP contribution in [-0.2, 0) is 0 Å². The van der Waals surface area contributed by atoms with Crippen LogP contribution >= 0.6 is 0 Å². The maximum Gasteiger partial charge on any atom is 0.269 e. The van der Waals surface area contributed by atoms with Gasteiger partial charge in [0.05, 0.1) is 9.85 Å². The van der Waals surface area contributed by atoms with Gasteiger partial charge in [-0.3, -0.25) is 20.2 Å². The number of nitro groups is 2. The minimum absolute atomic E-state index is 0.0797. The molecule has 0 radical (unpaired) electrons. The topological polar surface area (TPSA) is 108 Å². The first-order valence-electron chi connectivity index (χ1n) is 16.6. The fourth-order valence-electron chi connectivity index (χ4n) is 5.97. The Morgan fingerprint density at radius 2 is 1.20 bits per heavy atom. The molecule has 0 spiro atoms. The van der Waals surface area contributed by atoms with Gasteiger partial charge in [-0.05, 0) is 114 Å². The quantitative estimate of drug-likeness (QED) is 0.213. The van der Waals surface area contributed by atoms with Gasteiger partial charge < -0.3 is 20.0 Å². The molecule has 252 valence electrons. The van der Waals surface area contributed by atoms with E-state index in [0.717, 1.165) is 61.4 Å². The average Bonchev–Trinajstić information content (AvgIpc) is 3.05. The molecule has 11 heteroatoms. The van der Waals surface area contributed by atoms with E-state index < -0.39 is 10.7 Å². The molecule has 2 saturated heterocycles. The van der Waals surface area contributed by atoms with Crippen LogP contribution in [-0.4, -0.2) is 85.1 Å². The number of nitrogens with one attached hydrogen (secondary N) is 1. The van der Waals surface area contributed by atoms with Crippen LogP contribution < -0.4 is 10.2 Å². The van der Waals surface area contributed by atoms with Crippen LogP contribution in [0, 0.1) is 51.7 Å². The zero-order valence-corrected chi connectivity index (χ0v) is 28.3. The molecule has 0 amide bonds. The molecule has 4 rings (SSSR count). The van der Waals surface area contributed by atoms with Gasteiger partial charge in [-0.1, -0.05) is 27.7 Å². The first kappa shape index (κ1) is 38.0. The Morgan fingerprint density at radius 1 is 0.756 bits per heavy atom. The summed E-state index contributed by atoms with van der Waals surface area (Å²) in [7, 11) is 0. The summed E-state index contributed by atoms with van der Waals surface area (Å²) >= 11 is 0. The van der Waals surface area contributed by atoms with Gasteiger partial charge in [0.2, 0.25) is 0 Å². The van der Waals surface area contributed by atoms with Crippen molar-refractivity contribution in [1.82, 2.24) is 15.1 Å². The Morgan fingerprint density at radius 3 is 1.62 bits per heavy atom. The van der Waals surface area contributed by atoms with Crippen molar-refractivity contribution in [2.75, 3.05) is 70.3 Å². The number of nitro benzene ring substituents is 2. The molecule has 1 N–H and O–H groups in total. The van der Waals surface area contributed by atoms with E-state index in [9.17, 15) is 24.6 Å². The van der Waals surface area contributed by atoms with E-state index in [1.54, 1.807) is 12.1 Å². The van der Waals surface area contributed by atoms with Gasteiger partial charge in [0.15, 0.2) is 0 Å². The molecule has 45 heavy (non-hydrogen) atoms. The van der Waals surface area contributed by atoms with E-state index in [-0.39, 0.29) is 16.3 Å². The molecule has 2 aliphatic rings. The molecule has 2 aliphatic heterocycles. The molecule has 0 saturated carbocycles. The molecule has 0 atom stereocenters. The van der Waals surface area contributed by atoms with Gasteiger partial charge in [0.25, 0.3) is 11.4 Å². The number of halogens is 1. The number of piperidine rings is 2. The number of hydrogen-bond acceptors (Lipinski definition) is 8. The molecular weight excluding hydrogens is 575 g/mol. The summed E-state index contributed by atoms with van der Waals surface area (Å²) in [6, 6.07) is 8.63. The summed E-state index contributed by atoms with van der Waals surface area (Å²) < 4.78 is 12.5. The molecule has 2 fully saturated rings. The number of anilines is 1. The van der Waals surface area contributed by atoms with Gasteiger partial charge >= 0.3 is 0 Å². The monoisotopic (exact) mass is 630 g/mol. The van der Waals surface area contributed by atoms with E-state index in [4.69, 9.17) is 0 Å². The maximum absolute atomic E-state index is 12.5. The van der Waals surface area contributed by atoms with Crippen LogP contribution in [0.25, 0.3) is 0 Å². The van der Waals surface area contributed by atoms with Crippen molar-refractivity contribution >= 4 is 17.1 Å². The van der Waals surface area contributed by atoms with Crippen molar-refractivity contribution in [2.24, 2.45) is 11.8 Å². The first-order valence-corrected chi connectivity index (χ1v) is 16.6. The zero-order chi connectivity index (χ0) is 33.4. The molecule has 0 aliphatic carbocycles. The van der Waals surface area contributed by atoms with Crippen LogP contribution in [0.4, 0.5) is 21.5 Å². The summed E-state index contributed by atoms with van der Waals surface area (Å²) in [6.07, 6.45) is 5.15. The number of aryl methyl sites for hydroxylation is 2. The predicted molar refractivity (Wildman–Crippen MR) is 182 cm³/mol. The average molecular weight is 631 g/mol. The smallest absolute Gasteiger partial charge is 0.269 e. The first-order chi connectivity index (χ1) is 21.5. The van der Waals surface area contributed by atoms with Gasteiger partial charge in [-0.25, -0.2) is 4.39 Å². The SMILES string of the molecule is CCN(CC)CC1CCN(c2ccc([N+](=O)[O-])cc2C)CC1.CCN(CC)CC1CCNCC1.Cc1cc([N+](=O)[O-])ccc1F. The third-order valence-electron chi connectivity index (χ3n) is 8.98. The van der Waals surface area contributed by atoms with Gasteiger partial charge in [-0.15, -0.1) is 0 Å². The normalized spacial score (nSPS) is 15.7. The number of hydrogen-bond donors (Lipinski definition) is 1.